The minimum atomic E-state index is 0.0715. The number of hydrogen-bond acceptors (Lipinski definition) is 0. The van der Waals surface area contributed by atoms with E-state index >= 15 is 0 Å². The van der Waals surface area contributed by atoms with Crippen LogP contribution in [0.3, 0.4) is 0 Å². The highest BCUT2D eigenvalue weighted by molar-refractivity contribution is 9.10. The minimum Gasteiger partial charge on any atom is -0.0843 e. The molecule has 174 valence electrons. The van der Waals surface area contributed by atoms with Crippen LogP contribution in [0.2, 0.25) is 5.02 Å². The van der Waals surface area contributed by atoms with Crippen LogP contribution in [0, 0.1) is 0 Å². The van der Waals surface area contributed by atoms with Crippen LogP contribution in [-0.4, -0.2) is 0 Å². The number of halogens is 2. The molecule has 0 aliphatic heterocycles. The molecule has 0 saturated carbocycles. The molecular formula is C32H32BrCl. The van der Waals surface area contributed by atoms with E-state index in [-0.39, 0.29) is 10.8 Å². The van der Waals surface area contributed by atoms with Gasteiger partial charge in [-0.15, -0.1) is 0 Å². The molecule has 0 aliphatic carbocycles. The van der Waals surface area contributed by atoms with E-state index < -0.39 is 0 Å². The molecule has 0 radical (unpaired) electrons. The molecule has 0 saturated heterocycles. The molecular weight excluding hydrogens is 500 g/mol. The number of benzene rings is 4. The Morgan fingerprint density at radius 3 is 1.68 bits per heavy atom. The predicted octanol–water partition coefficient (Wildman–Crippen LogP) is 10.7. The van der Waals surface area contributed by atoms with E-state index in [1.165, 1.54) is 38.9 Å². The molecule has 4 rings (SSSR count). The Morgan fingerprint density at radius 1 is 0.529 bits per heavy atom. The predicted molar refractivity (Wildman–Crippen MR) is 153 cm³/mol. The molecule has 0 aliphatic rings. The van der Waals surface area contributed by atoms with Gasteiger partial charge in [-0.2, -0.15) is 0 Å². The lowest BCUT2D eigenvalue weighted by atomic mass is 9.78. The van der Waals surface area contributed by atoms with Crippen molar-refractivity contribution < 1.29 is 0 Å². The first-order valence-corrected chi connectivity index (χ1v) is 12.9. The molecule has 0 aromatic heterocycles. The van der Waals surface area contributed by atoms with Gasteiger partial charge in [-0.05, 0) is 73.5 Å². The quantitative estimate of drug-likeness (QED) is 0.246. The highest BCUT2D eigenvalue weighted by atomic mass is 79.9. The third kappa shape index (κ3) is 5.32. The molecule has 0 heterocycles. The van der Waals surface area contributed by atoms with Crippen molar-refractivity contribution in [3.05, 3.63) is 106 Å². The van der Waals surface area contributed by atoms with Gasteiger partial charge in [-0.1, -0.05) is 136 Å². The summed E-state index contributed by atoms with van der Waals surface area (Å²) in [6.45, 7) is 13.7. The fraction of sp³-hybridized carbons (Fsp3) is 0.250. The smallest absolute Gasteiger partial charge is 0.0417 e. The molecule has 0 bridgehead atoms. The summed E-state index contributed by atoms with van der Waals surface area (Å²) >= 11 is 10.0. The third-order valence-electron chi connectivity index (χ3n) is 6.32. The third-order valence-corrected chi connectivity index (χ3v) is 7.22. The van der Waals surface area contributed by atoms with Crippen LogP contribution in [0.15, 0.2) is 89.4 Å². The lowest BCUT2D eigenvalue weighted by Gasteiger charge is -2.26. The Balaban J connectivity index is 1.98. The molecule has 4 aromatic carbocycles. The largest absolute Gasteiger partial charge is 0.0843 e. The Labute approximate surface area is 218 Å². The Bertz CT molecular complexity index is 1290. The first-order chi connectivity index (χ1) is 15.9. The van der Waals surface area contributed by atoms with Gasteiger partial charge in [0, 0.05) is 9.50 Å². The van der Waals surface area contributed by atoms with Crippen LogP contribution in [0.25, 0.3) is 33.4 Å². The first kappa shape index (κ1) is 24.8. The molecule has 0 fully saturated rings. The zero-order valence-corrected chi connectivity index (χ0v) is 23.2. The van der Waals surface area contributed by atoms with Crippen LogP contribution >= 0.6 is 27.5 Å². The fourth-order valence-electron chi connectivity index (χ4n) is 4.18. The van der Waals surface area contributed by atoms with E-state index in [0.29, 0.717) is 0 Å². The van der Waals surface area contributed by atoms with Gasteiger partial charge in [0.25, 0.3) is 0 Å². The molecule has 0 unspecified atom stereocenters. The SMILES string of the molecule is CC(C)(C)c1cc(-c2ccc(-c3ccccc3)c(-c3ccc(Cl)cc3Br)c2)cc(C(C)(C)C)c1. The van der Waals surface area contributed by atoms with Crippen molar-refractivity contribution in [3.63, 3.8) is 0 Å². The first-order valence-electron chi connectivity index (χ1n) is 11.7. The summed E-state index contributed by atoms with van der Waals surface area (Å²) < 4.78 is 0.994. The highest BCUT2D eigenvalue weighted by Gasteiger charge is 2.21. The van der Waals surface area contributed by atoms with E-state index in [1.54, 1.807) is 0 Å². The molecule has 0 nitrogen and oxygen atoms in total. The lowest BCUT2D eigenvalue weighted by Crippen LogP contribution is -2.16. The van der Waals surface area contributed by atoms with E-state index in [0.717, 1.165) is 15.1 Å². The summed E-state index contributed by atoms with van der Waals surface area (Å²) in [6.07, 6.45) is 0. The van der Waals surface area contributed by atoms with Crippen molar-refractivity contribution in [1.82, 2.24) is 0 Å². The minimum absolute atomic E-state index is 0.0715. The van der Waals surface area contributed by atoms with Gasteiger partial charge in [0.05, 0.1) is 0 Å². The monoisotopic (exact) mass is 530 g/mol. The second kappa shape index (κ2) is 9.36. The summed E-state index contributed by atoms with van der Waals surface area (Å²) in [5.74, 6) is 0. The Hall–Kier alpha value is -2.35. The fourth-order valence-corrected chi connectivity index (χ4v) is 5.08. The van der Waals surface area contributed by atoms with Gasteiger partial charge in [0.1, 0.15) is 0 Å². The van der Waals surface area contributed by atoms with Gasteiger partial charge in [0.2, 0.25) is 0 Å². The van der Waals surface area contributed by atoms with Crippen LogP contribution in [0.4, 0.5) is 0 Å². The van der Waals surface area contributed by atoms with E-state index in [9.17, 15) is 0 Å². The van der Waals surface area contributed by atoms with E-state index in [2.05, 4.69) is 130 Å². The van der Waals surface area contributed by atoms with Crippen molar-refractivity contribution in [2.45, 2.75) is 52.4 Å². The normalized spacial score (nSPS) is 12.1. The van der Waals surface area contributed by atoms with Crippen molar-refractivity contribution in [2.75, 3.05) is 0 Å². The standard InChI is InChI=1S/C32H32BrCl/c1-31(2,3)24-16-23(17-25(19-24)32(4,5)6)22-12-14-27(21-10-8-7-9-11-21)29(18-22)28-15-13-26(34)20-30(28)33/h7-20H,1-6H3. The molecule has 0 N–H and O–H groups in total. The van der Waals surface area contributed by atoms with Crippen molar-refractivity contribution in [1.29, 1.82) is 0 Å². The second-order valence-corrected chi connectivity index (χ2v) is 12.3. The van der Waals surface area contributed by atoms with E-state index in [4.69, 9.17) is 11.6 Å². The van der Waals surface area contributed by atoms with Gasteiger partial charge >= 0.3 is 0 Å². The maximum Gasteiger partial charge on any atom is 0.0417 e. The lowest BCUT2D eigenvalue weighted by molar-refractivity contribution is 0.569. The van der Waals surface area contributed by atoms with Crippen molar-refractivity contribution in [3.8, 4) is 33.4 Å². The van der Waals surface area contributed by atoms with Gasteiger partial charge in [-0.3, -0.25) is 0 Å². The molecule has 0 spiro atoms. The van der Waals surface area contributed by atoms with Crippen molar-refractivity contribution >= 4 is 27.5 Å². The molecule has 2 heteroatoms. The van der Waals surface area contributed by atoms with Gasteiger partial charge in [-0.25, -0.2) is 0 Å². The average Bonchev–Trinajstić information content (AvgIpc) is 2.78. The van der Waals surface area contributed by atoms with Crippen molar-refractivity contribution in [2.24, 2.45) is 0 Å². The van der Waals surface area contributed by atoms with E-state index in [1.807, 2.05) is 12.1 Å². The topological polar surface area (TPSA) is 0 Å². The van der Waals surface area contributed by atoms with Crippen LogP contribution in [-0.2, 0) is 10.8 Å². The maximum atomic E-state index is 6.28. The molecule has 0 amide bonds. The average molecular weight is 532 g/mol. The summed E-state index contributed by atoms with van der Waals surface area (Å²) in [4.78, 5) is 0. The van der Waals surface area contributed by atoms with Crippen LogP contribution in [0.1, 0.15) is 52.7 Å². The maximum absolute atomic E-state index is 6.28. The zero-order valence-electron chi connectivity index (χ0n) is 20.8. The molecule has 0 atom stereocenters. The Kier molecular flexibility index (Phi) is 6.82. The number of hydrogen-bond donors (Lipinski definition) is 0. The highest BCUT2D eigenvalue weighted by Crippen LogP contribution is 2.41. The summed E-state index contributed by atoms with van der Waals surface area (Å²) in [6, 6.07) is 30.5. The summed E-state index contributed by atoms with van der Waals surface area (Å²) in [5, 5.41) is 0.723. The summed E-state index contributed by atoms with van der Waals surface area (Å²) in [7, 11) is 0. The zero-order chi connectivity index (χ0) is 24.7. The second-order valence-electron chi connectivity index (χ2n) is 11.0. The van der Waals surface area contributed by atoms with Crippen LogP contribution in [0.5, 0.6) is 0 Å². The van der Waals surface area contributed by atoms with Gasteiger partial charge in [0.15, 0.2) is 0 Å². The van der Waals surface area contributed by atoms with Gasteiger partial charge < -0.3 is 0 Å². The Morgan fingerprint density at radius 2 is 1.12 bits per heavy atom. The number of rotatable bonds is 3. The summed E-state index contributed by atoms with van der Waals surface area (Å²) in [5.41, 5.74) is 10.0. The molecule has 34 heavy (non-hydrogen) atoms. The van der Waals surface area contributed by atoms with Crippen LogP contribution < -0.4 is 0 Å². The molecule has 4 aromatic rings.